The summed E-state index contributed by atoms with van der Waals surface area (Å²) in [6, 6.07) is -3.61. The summed E-state index contributed by atoms with van der Waals surface area (Å²) in [5.41, 5.74) is 1.99. The van der Waals surface area contributed by atoms with Gasteiger partial charge in [0, 0.05) is 32.1 Å². The maximum absolute atomic E-state index is 14.0. The van der Waals surface area contributed by atoms with E-state index < -0.39 is 59.2 Å². The number of amides is 6. The van der Waals surface area contributed by atoms with Gasteiger partial charge >= 0.3 is 12.1 Å². The number of carbonyl (C=O) groups excluding carboxylic acids is 6. The van der Waals surface area contributed by atoms with Crippen molar-refractivity contribution in [3.8, 4) is 0 Å². The Balaban J connectivity index is 2.21. The molecule has 2 heterocycles. The molecule has 2 saturated heterocycles. The lowest BCUT2D eigenvalue weighted by Crippen LogP contribution is -2.60. The molecule has 2 fully saturated rings. The van der Waals surface area contributed by atoms with Crippen LogP contribution in [0.5, 0.6) is 0 Å². The molecule has 13 heteroatoms. The second-order valence-electron chi connectivity index (χ2n) is 12.1. The molecule has 0 aromatic carbocycles. The van der Waals surface area contributed by atoms with E-state index in [2.05, 4.69) is 40.2 Å². The highest BCUT2D eigenvalue weighted by atomic mass is 16.6. The number of ketones is 1. The van der Waals surface area contributed by atoms with Crippen LogP contribution in [0.4, 0.5) is 9.59 Å². The van der Waals surface area contributed by atoms with E-state index in [-0.39, 0.29) is 44.9 Å². The molecule has 0 spiro atoms. The summed E-state index contributed by atoms with van der Waals surface area (Å²) in [4.78, 5) is 80.5. The smallest absolute Gasteiger partial charge is 0.409 e. The fraction of sp³-hybridized carbons (Fsp3) is 0.645. The summed E-state index contributed by atoms with van der Waals surface area (Å²) >= 11 is 0. The van der Waals surface area contributed by atoms with Gasteiger partial charge in [-0.2, -0.15) is 0 Å². The average Bonchev–Trinajstić information content (AvgIpc) is 3.59. The number of carbonyl (C=O) groups is 6. The van der Waals surface area contributed by atoms with Crippen LogP contribution in [0.3, 0.4) is 0 Å². The molecule has 0 aromatic heterocycles. The molecule has 244 valence electrons. The first-order chi connectivity index (χ1) is 20.8. The van der Waals surface area contributed by atoms with Gasteiger partial charge in [0.05, 0.1) is 12.6 Å². The monoisotopic (exact) mass is 616 g/mol. The van der Waals surface area contributed by atoms with Gasteiger partial charge in [-0.15, -0.1) is 12.3 Å². The molecule has 0 saturated carbocycles. The minimum atomic E-state index is -1.06. The quantitative estimate of drug-likeness (QED) is 0.0886. The van der Waals surface area contributed by atoms with Crippen molar-refractivity contribution in [1.29, 1.82) is 0 Å². The number of rotatable bonds is 16. The van der Waals surface area contributed by atoms with E-state index in [9.17, 15) is 28.8 Å². The van der Waals surface area contributed by atoms with E-state index >= 15 is 0 Å². The van der Waals surface area contributed by atoms with Crippen LogP contribution in [0.2, 0.25) is 0 Å². The van der Waals surface area contributed by atoms with Crippen molar-refractivity contribution in [3.05, 3.63) is 31.0 Å². The van der Waals surface area contributed by atoms with E-state index in [4.69, 9.17) is 4.74 Å². The fourth-order valence-corrected chi connectivity index (χ4v) is 5.12. The number of hydrogen-bond acceptors (Lipinski definition) is 7. The SMILES string of the molecule is C=C=CC1C[C@@H](C(=O)NC(CCCCC)C(=O)C(=O)NCC=C)N(C(=O)[C@@H](NC(=O)NCCN2CCOC2=O)C(C)(C)C)C1. The molecule has 4 atom stereocenters. The zero-order chi connectivity index (χ0) is 32.9. The van der Waals surface area contributed by atoms with Crippen LogP contribution in [-0.4, -0.2) is 103 Å². The summed E-state index contributed by atoms with van der Waals surface area (Å²) in [6.45, 7) is 16.0. The summed E-state index contributed by atoms with van der Waals surface area (Å²) in [5, 5.41) is 10.6. The van der Waals surface area contributed by atoms with E-state index in [0.717, 1.165) is 12.8 Å². The zero-order valence-corrected chi connectivity index (χ0v) is 26.4. The number of urea groups is 1. The van der Waals surface area contributed by atoms with Gasteiger partial charge in [0.15, 0.2) is 0 Å². The Kier molecular flexibility index (Phi) is 14.1. The predicted octanol–water partition coefficient (Wildman–Crippen LogP) is 1.65. The highest BCUT2D eigenvalue weighted by Crippen LogP contribution is 2.29. The number of hydrogen-bond donors (Lipinski definition) is 4. The van der Waals surface area contributed by atoms with Crippen molar-refractivity contribution in [2.24, 2.45) is 11.3 Å². The Morgan fingerprint density at radius 1 is 1.14 bits per heavy atom. The third-order valence-corrected chi connectivity index (χ3v) is 7.53. The predicted molar refractivity (Wildman–Crippen MR) is 164 cm³/mol. The van der Waals surface area contributed by atoms with E-state index in [1.807, 2.05) is 6.92 Å². The molecular formula is C31H48N6O7. The van der Waals surface area contributed by atoms with Crippen LogP contribution in [0.25, 0.3) is 0 Å². The summed E-state index contributed by atoms with van der Waals surface area (Å²) in [7, 11) is 0. The molecule has 0 aliphatic carbocycles. The first-order valence-electron chi connectivity index (χ1n) is 15.2. The fourth-order valence-electron chi connectivity index (χ4n) is 5.12. The second kappa shape index (κ2) is 17.2. The van der Waals surface area contributed by atoms with Gasteiger partial charge in [-0.05, 0) is 24.3 Å². The van der Waals surface area contributed by atoms with Crippen molar-refractivity contribution < 1.29 is 33.5 Å². The second-order valence-corrected chi connectivity index (χ2v) is 12.1. The number of cyclic esters (lactones) is 1. The topological polar surface area (TPSA) is 166 Å². The molecule has 0 bridgehead atoms. The minimum absolute atomic E-state index is 0.111. The Morgan fingerprint density at radius 3 is 2.45 bits per heavy atom. The Labute approximate surface area is 259 Å². The largest absolute Gasteiger partial charge is 0.448 e. The van der Waals surface area contributed by atoms with E-state index in [0.29, 0.717) is 19.6 Å². The summed E-state index contributed by atoms with van der Waals surface area (Å²) in [6.07, 6.45) is 5.56. The molecule has 2 aliphatic heterocycles. The van der Waals surface area contributed by atoms with Crippen LogP contribution < -0.4 is 21.3 Å². The molecule has 0 radical (unpaired) electrons. The van der Waals surface area contributed by atoms with Crippen molar-refractivity contribution in [3.63, 3.8) is 0 Å². The van der Waals surface area contributed by atoms with E-state index in [1.165, 1.54) is 15.9 Å². The van der Waals surface area contributed by atoms with Crippen molar-refractivity contribution in [2.75, 3.05) is 39.3 Å². The van der Waals surface area contributed by atoms with Gasteiger partial charge in [-0.3, -0.25) is 19.2 Å². The Hall–Kier alpha value is -4.12. The Bertz CT molecular complexity index is 1130. The number of nitrogens with one attached hydrogen (secondary N) is 4. The third kappa shape index (κ3) is 10.6. The third-order valence-electron chi connectivity index (χ3n) is 7.53. The average molecular weight is 617 g/mol. The highest BCUT2D eigenvalue weighted by Gasteiger charge is 2.45. The molecule has 0 aromatic rings. The summed E-state index contributed by atoms with van der Waals surface area (Å²) < 4.78 is 4.89. The van der Waals surface area contributed by atoms with Crippen LogP contribution in [0.1, 0.15) is 59.8 Å². The van der Waals surface area contributed by atoms with Crippen LogP contribution >= 0.6 is 0 Å². The number of nitrogens with zero attached hydrogens (tertiary/aromatic N) is 2. The molecule has 4 N–H and O–H groups in total. The molecule has 2 aliphatic rings. The molecule has 2 rings (SSSR count). The first kappa shape index (κ1) is 36.1. The normalized spacial score (nSPS) is 19.2. The van der Waals surface area contributed by atoms with Gasteiger partial charge in [0.25, 0.3) is 5.91 Å². The van der Waals surface area contributed by atoms with Gasteiger partial charge in [0.2, 0.25) is 17.6 Å². The number of Topliss-reactive ketones (excluding diaryl/α,β-unsaturated/α-hetero) is 1. The van der Waals surface area contributed by atoms with Gasteiger partial charge in [-0.25, -0.2) is 9.59 Å². The number of unbranched alkanes of at least 4 members (excludes halogenated alkanes) is 2. The van der Waals surface area contributed by atoms with Crippen LogP contribution in [0, 0.1) is 11.3 Å². The van der Waals surface area contributed by atoms with Gasteiger partial charge in [0.1, 0.15) is 18.7 Å². The first-order valence-corrected chi connectivity index (χ1v) is 15.2. The van der Waals surface area contributed by atoms with Crippen molar-refractivity contribution in [1.82, 2.24) is 31.1 Å². The maximum Gasteiger partial charge on any atom is 0.409 e. The van der Waals surface area contributed by atoms with Crippen molar-refractivity contribution >= 4 is 35.6 Å². The van der Waals surface area contributed by atoms with Crippen molar-refractivity contribution in [2.45, 2.75) is 77.9 Å². The lowest BCUT2D eigenvalue weighted by atomic mass is 9.85. The van der Waals surface area contributed by atoms with Crippen LogP contribution in [-0.2, 0) is 23.9 Å². The highest BCUT2D eigenvalue weighted by molar-refractivity contribution is 6.38. The molecule has 13 nitrogen and oxygen atoms in total. The molecule has 2 unspecified atom stereocenters. The number of likely N-dealkylation sites (tertiary alicyclic amines) is 1. The number of ether oxygens (including phenoxy) is 1. The standard InChI is InChI=1S/C31H48N6O7/c1-7-10-11-13-22(24(38)27(40)32-14-9-3)34-26(39)23-19-21(12-8-2)20-37(23)28(41)25(31(4,5)6)35-29(42)33-15-16-36-17-18-44-30(36)43/h9,12,21-23,25H,2-3,7,10-11,13-20H2,1,4-6H3,(H,32,40)(H,34,39)(H2,33,35,42)/t21?,22?,23-,25+/m0/s1. The van der Waals surface area contributed by atoms with E-state index in [1.54, 1.807) is 26.8 Å². The maximum atomic E-state index is 14.0. The van der Waals surface area contributed by atoms with Gasteiger partial charge in [-0.1, -0.05) is 59.6 Å². The van der Waals surface area contributed by atoms with Crippen LogP contribution in [0.15, 0.2) is 31.0 Å². The molecule has 6 amide bonds. The Morgan fingerprint density at radius 2 is 1.86 bits per heavy atom. The minimum Gasteiger partial charge on any atom is -0.448 e. The zero-order valence-electron chi connectivity index (χ0n) is 26.4. The van der Waals surface area contributed by atoms with Gasteiger partial charge < -0.3 is 35.8 Å². The lowest BCUT2D eigenvalue weighted by Gasteiger charge is -2.35. The summed E-state index contributed by atoms with van der Waals surface area (Å²) in [5.74, 6) is -2.83. The molecular weight excluding hydrogens is 568 g/mol. The molecule has 44 heavy (non-hydrogen) atoms. The lowest BCUT2D eigenvalue weighted by molar-refractivity contribution is -0.143.